The minimum atomic E-state index is -0.549. The molecule has 0 radical (unpaired) electrons. The van der Waals surface area contributed by atoms with Crippen molar-refractivity contribution in [1.29, 1.82) is 0 Å². The standard InChI is InChI=1S/C20H22N4O5/c1-13-5-4-6-14(2)19(13)28-12-16-7-8-17(29-16)20(25)21-9-10-23-15(3)11-18(22-23)24(26)27/h4-8,11H,9-10,12H2,1-3H3,(H,21,25). The van der Waals surface area contributed by atoms with Gasteiger partial charge in [-0.15, -0.1) is 0 Å². The maximum Gasteiger partial charge on any atom is 0.390 e. The van der Waals surface area contributed by atoms with Crippen molar-refractivity contribution in [1.82, 2.24) is 15.1 Å². The first-order chi connectivity index (χ1) is 13.8. The Labute approximate surface area is 167 Å². The number of ether oxygens (including phenoxy) is 1. The quantitative estimate of drug-likeness (QED) is 0.460. The first-order valence-electron chi connectivity index (χ1n) is 9.10. The summed E-state index contributed by atoms with van der Waals surface area (Å²) in [5.74, 6) is 0.930. The summed E-state index contributed by atoms with van der Waals surface area (Å²) >= 11 is 0. The van der Waals surface area contributed by atoms with Crippen molar-refractivity contribution in [3.8, 4) is 5.75 Å². The van der Waals surface area contributed by atoms with Gasteiger partial charge in [0.15, 0.2) is 5.76 Å². The maximum atomic E-state index is 12.2. The predicted molar refractivity (Wildman–Crippen MR) is 105 cm³/mol. The summed E-state index contributed by atoms with van der Waals surface area (Å²) in [6.45, 7) is 6.45. The Bertz CT molecular complexity index is 1020. The molecule has 0 fully saturated rings. The lowest BCUT2D eigenvalue weighted by atomic mass is 10.1. The Balaban J connectivity index is 1.52. The molecule has 0 bridgehead atoms. The van der Waals surface area contributed by atoms with E-state index in [9.17, 15) is 14.9 Å². The number of hydrogen-bond donors (Lipinski definition) is 1. The minimum Gasteiger partial charge on any atom is -0.485 e. The molecule has 0 aliphatic heterocycles. The van der Waals surface area contributed by atoms with Gasteiger partial charge in [-0.3, -0.25) is 4.79 Å². The molecule has 9 nitrogen and oxygen atoms in total. The van der Waals surface area contributed by atoms with Crippen LogP contribution in [0.1, 0.15) is 33.1 Å². The van der Waals surface area contributed by atoms with Crippen LogP contribution in [0.2, 0.25) is 0 Å². The first kappa shape index (κ1) is 20.1. The van der Waals surface area contributed by atoms with Gasteiger partial charge in [-0.2, -0.15) is 4.68 Å². The number of rotatable bonds is 8. The van der Waals surface area contributed by atoms with E-state index in [1.54, 1.807) is 19.1 Å². The van der Waals surface area contributed by atoms with Crippen molar-refractivity contribution in [2.24, 2.45) is 0 Å². The van der Waals surface area contributed by atoms with Gasteiger partial charge < -0.3 is 24.6 Å². The third-order valence-corrected chi connectivity index (χ3v) is 4.42. The number of nitrogens with one attached hydrogen (secondary N) is 1. The van der Waals surface area contributed by atoms with Crippen molar-refractivity contribution >= 4 is 11.7 Å². The average molecular weight is 398 g/mol. The molecule has 0 saturated carbocycles. The van der Waals surface area contributed by atoms with Gasteiger partial charge in [0.25, 0.3) is 5.91 Å². The monoisotopic (exact) mass is 398 g/mol. The molecule has 0 aliphatic carbocycles. The number of nitro groups is 1. The number of nitrogens with zero attached hydrogens (tertiary/aromatic N) is 3. The third kappa shape index (κ3) is 4.81. The highest BCUT2D eigenvalue weighted by molar-refractivity contribution is 5.91. The highest BCUT2D eigenvalue weighted by atomic mass is 16.6. The summed E-state index contributed by atoms with van der Waals surface area (Å²) in [6, 6.07) is 10.6. The van der Waals surface area contributed by atoms with E-state index in [1.165, 1.54) is 10.7 Å². The lowest BCUT2D eigenvalue weighted by molar-refractivity contribution is -0.389. The molecular formula is C20H22N4O5. The van der Waals surface area contributed by atoms with Gasteiger partial charge in [-0.25, -0.2) is 0 Å². The normalized spacial score (nSPS) is 10.7. The van der Waals surface area contributed by atoms with Gasteiger partial charge in [0.2, 0.25) is 0 Å². The zero-order chi connectivity index (χ0) is 21.0. The van der Waals surface area contributed by atoms with Gasteiger partial charge in [0.1, 0.15) is 18.1 Å². The number of furan rings is 1. The number of benzene rings is 1. The Kier molecular flexibility index (Phi) is 5.96. The fraction of sp³-hybridized carbons (Fsp3) is 0.300. The number of carbonyl (C=O) groups excluding carboxylic acids is 1. The van der Waals surface area contributed by atoms with Crippen LogP contribution in [0.4, 0.5) is 5.82 Å². The molecule has 9 heteroatoms. The number of carbonyl (C=O) groups is 1. The smallest absolute Gasteiger partial charge is 0.390 e. The van der Waals surface area contributed by atoms with Crippen LogP contribution in [0.3, 0.4) is 0 Å². The number of amides is 1. The van der Waals surface area contributed by atoms with Crippen molar-refractivity contribution in [3.05, 3.63) is 74.9 Å². The van der Waals surface area contributed by atoms with Crippen LogP contribution >= 0.6 is 0 Å². The third-order valence-electron chi connectivity index (χ3n) is 4.42. The average Bonchev–Trinajstić information content (AvgIpc) is 3.28. The number of hydrogen-bond acceptors (Lipinski definition) is 6. The fourth-order valence-electron chi connectivity index (χ4n) is 2.92. The van der Waals surface area contributed by atoms with Crippen LogP contribution in [0.15, 0.2) is 40.8 Å². The van der Waals surface area contributed by atoms with E-state index in [-0.39, 0.29) is 30.6 Å². The first-order valence-corrected chi connectivity index (χ1v) is 9.10. The molecule has 3 rings (SSSR count). The largest absolute Gasteiger partial charge is 0.485 e. The molecule has 152 valence electrons. The number of aryl methyl sites for hydroxylation is 3. The van der Waals surface area contributed by atoms with Crippen molar-refractivity contribution in [3.63, 3.8) is 0 Å². The van der Waals surface area contributed by atoms with E-state index >= 15 is 0 Å². The Morgan fingerprint density at radius 1 is 1.24 bits per heavy atom. The molecule has 0 atom stereocenters. The van der Waals surface area contributed by atoms with E-state index in [0.29, 0.717) is 18.0 Å². The van der Waals surface area contributed by atoms with Gasteiger partial charge in [0.05, 0.1) is 23.4 Å². The van der Waals surface area contributed by atoms with Crippen molar-refractivity contribution in [2.75, 3.05) is 6.54 Å². The maximum absolute atomic E-state index is 12.2. The molecule has 0 saturated heterocycles. The van der Waals surface area contributed by atoms with E-state index < -0.39 is 4.92 Å². The molecular weight excluding hydrogens is 376 g/mol. The van der Waals surface area contributed by atoms with Gasteiger partial charge in [-0.05, 0) is 49.0 Å². The summed E-state index contributed by atoms with van der Waals surface area (Å²) in [5.41, 5.74) is 2.71. The summed E-state index contributed by atoms with van der Waals surface area (Å²) in [7, 11) is 0. The second-order valence-corrected chi connectivity index (χ2v) is 6.66. The van der Waals surface area contributed by atoms with Crippen molar-refractivity contribution in [2.45, 2.75) is 33.9 Å². The van der Waals surface area contributed by atoms with Crippen LogP contribution in [-0.4, -0.2) is 27.2 Å². The Morgan fingerprint density at radius 2 is 1.97 bits per heavy atom. The molecule has 0 aliphatic rings. The van der Waals surface area contributed by atoms with Crippen molar-refractivity contribution < 1.29 is 18.9 Å². The van der Waals surface area contributed by atoms with Gasteiger partial charge in [-0.1, -0.05) is 18.2 Å². The molecule has 1 N–H and O–H groups in total. The van der Waals surface area contributed by atoms with Crippen LogP contribution in [0.5, 0.6) is 5.75 Å². The fourth-order valence-corrected chi connectivity index (χ4v) is 2.92. The summed E-state index contributed by atoms with van der Waals surface area (Å²) in [6.07, 6.45) is 0. The predicted octanol–water partition coefficient (Wildman–Crippen LogP) is 3.32. The zero-order valence-corrected chi connectivity index (χ0v) is 16.5. The Hall–Kier alpha value is -3.62. The molecule has 1 amide bonds. The molecule has 3 aromatic rings. The van der Waals surface area contributed by atoms with Crippen LogP contribution in [0, 0.1) is 30.9 Å². The second kappa shape index (κ2) is 8.59. The highest BCUT2D eigenvalue weighted by Crippen LogP contribution is 2.23. The summed E-state index contributed by atoms with van der Waals surface area (Å²) in [5, 5.41) is 17.3. The summed E-state index contributed by atoms with van der Waals surface area (Å²) in [4.78, 5) is 22.5. The molecule has 29 heavy (non-hydrogen) atoms. The highest BCUT2D eigenvalue weighted by Gasteiger charge is 2.16. The second-order valence-electron chi connectivity index (χ2n) is 6.66. The lowest BCUT2D eigenvalue weighted by Crippen LogP contribution is -2.27. The van der Waals surface area contributed by atoms with Crippen LogP contribution in [-0.2, 0) is 13.2 Å². The van der Waals surface area contributed by atoms with Gasteiger partial charge >= 0.3 is 5.82 Å². The molecule has 0 unspecified atom stereocenters. The molecule has 2 heterocycles. The number of aromatic nitrogens is 2. The Morgan fingerprint density at radius 3 is 2.62 bits per heavy atom. The van der Waals surface area contributed by atoms with E-state index in [2.05, 4.69) is 10.4 Å². The molecule has 0 spiro atoms. The van der Waals surface area contributed by atoms with Crippen LogP contribution in [0.25, 0.3) is 0 Å². The SMILES string of the molecule is Cc1cccc(C)c1OCc1ccc(C(=O)NCCn2nc([N+](=O)[O-])cc2C)o1. The zero-order valence-electron chi connectivity index (χ0n) is 16.5. The van der Waals surface area contributed by atoms with Crippen LogP contribution < -0.4 is 10.1 Å². The summed E-state index contributed by atoms with van der Waals surface area (Å²) < 4.78 is 12.9. The molecule has 2 aromatic heterocycles. The van der Waals surface area contributed by atoms with E-state index in [4.69, 9.17) is 9.15 Å². The molecule has 1 aromatic carbocycles. The number of para-hydroxylation sites is 1. The minimum absolute atomic E-state index is 0.174. The topological polar surface area (TPSA) is 112 Å². The van der Waals surface area contributed by atoms with Gasteiger partial charge in [0, 0.05) is 6.54 Å². The van der Waals surface area contributed by atoms with E-state index in [0.717, 1.165) is 16.9 Å². The van der Waals surface area contributed by atoms with E-state index in [1.807, 2.05) is 32.0 Å². The lowest BCUT2D eigenvalue weighted by Gasteiger charge is -2.10.